The van der Waals surface area contributed by atoms with Gasteiger partial charge in [-0.15, -0.1) is 0 Å². The number of anilines is 1. The Balaban J connectivity index is 2.36. The van der Waals surface area contributed by atoms with Gasteiger partial charge in [-0.3, -0.25) is 4.79 Å². The smallest absolute Gasteiger partial charge is 0.323 e. The lowest BCUT2D eigenvalue weighted by Crippen LogP contribution is -2.50. The molecule has 0 unspecified atom stereocenters. The Labute approximate surface area is 124 Å². The van der Waals surface area contributed by atoms with Gasteiger partial charge in [0.15, 0.2) is 0 Å². The van der Waals surface area contributed by atoms with E-state index in [1.165, 1.54) is 0 Å². The second-order valence-electron chi connectivity index (χ2n) is 4.77. The van der Waals surface area contributed by atoms with Crippen LogP contribution in [0.2, 0.25) is 0 Å². The largest absolute Gasteiger partial charge is 0.323 e. The van der Waals surface area contributed by atoms with Crippen LogP contribution in [0.3, 0.4) is 0 Å². The molecule has 0 spiro atoms. The molecule has 6 nitrogen and oxygen atoms in total. The Morgan fingerprint density at radius 3 is 2.40 bits per heavy atom. The van der Waals surface area contributed by atoms with Crippen LogP contribution in [0.25, 0.3) is 11.0 Å². The van der Waals surface area contributed by atoms with Crippen LogP contribution >= 0.6 is 15.9 Å². The van der Waals surface area contributed by atoms with E-state index in [-0.39, 0.29) is 11.6 Å². The third-order valence-electron chi connectivity index (χ3n) is 3.57. The SMILES string of the molecule is CCC(N)(CC)C(=O)Nc1cc2[nH]c(=O)[nH]c2cc1Br. The van der Waals surface area contributed by atoms with Gasteiger partial charge in [-0.25, -0.2) is 4.79 Å². The molecule has 0 radical (unpaired) electrons. The molecule has 2 rings (SSSR count). The molecular formula is C13H17BrN4O2. The molecule has 0 aliphatic rings. The third-order valence-corrected chi connectivity index (χ3v) is 4.22. The van der Waals surface area contributed by atoms with Gasteiger partial charge < -0.3 is 21.0 Å². The molecule has 0 bridgehead atoms. The lowest BCUT2D eigenvalue weighted by atomic mass is 9.93. The molecule has 0 fully saturated rings. The summed E-state index contributed by atoms with van der Waals surface area (Å²) in [6.45, 7) is 3.76. The molecule has 5 N–H and O–H groups in total. The minimum atomic E-state index is -0.889. The van der Waals surface area contributed by atoms with Crippen molar-refractivity contribution in [3.63, 3.8) is 0 Å². The Hall–Kier alpha value is -1.60. The van der Waals surface area contributed by atoms with Gasteiger partial charge in [0.25, 0.3) is 0 Å². The van der Waals surface area contributed by atoms with Crippen molar-refractivity contribution in [1.82, 2.24) is 9.97 Å². The zero-order chi connectivity index (χ0) is 14.9. The number of aromatic nitrogens is 2. The molecule has 0 aliphatic heterocycles. The highest BCUT2D eigenvalue weighted by atomic mass is 79.9. The van der Waals surface area contributed by atoms with Crippen molar-refractivity contribution in [1.29, 1.82) is 0 Å². The van der Waals surface area contributed by atoms with Gasteiger partial charge in [0.1, 0.15) is 0 Å². The molecule has 7 heteroatoms. The number of hydrogen-bond donors (Lipinski definition) is 4. The van der Waals surface area contributed by atoms with Gasteiger partial charge >= 0.3 is 5.69 Å². The number of nitrogens with one attached hydrogen (secondary N) is 3. The predicted molar refractivity (Wildman–Crippen MR) is 82.7 cm³/mol. The summed E-state index contributed by atoms with van der Waals surface area (Å²) in [6.07, 6.45) is 1.10. The highest BCUT2D eigenvalue weighted by Crippen LogP contribution is 2.27. The van der Waals surface area contributed by atoms with E-state index < -0.39 is 5.54 Å². The minimum absolute atomic E-state index is 0.236. The van der Waals surface area contributed by atoms with E-state index in [4.69, 9.17) is 5.73 Å². The summed E-state index contributed by atoms with van der Waals surface area (Å²) < 4.78 is 0.683. The molecule has 0 saturated heterocycles. The number of carbonyl (C=O) groups is 1. The first-order valence-electron chi connectivity index (χ1n) is 6.41. The lowest BCUT2D eigenvalue weighted by Gasteiger charge is -2.25. The fraction of sp³-hybridized carbons (Fsp3) is 0.385. The molecule has 0 saturated carbocycles. The van der Waals surface area contributed by atoms with E-state index in [0.717, 1.165) is 0 Å². The van der Waals surface area contributed by atoms with Crippen molar-refractivity contribution < 1.29 is 4.79 Å². The molecule has 1 amide bonds. The minimum Gasteiger partial charge on any atom is -0.323 e. The summed E-state index contributed by atoms with van der Waals surface area (Å²) >= 11 is 3.37. The Bertz CT molecular complexity index is 700. The van der Waals surface area contributed by atoms with Crippen LogP contribution in [-0.2, 0) is 4.79 Å². The first kappa shape index (κ1) is 14.8. The number of nitrogens with two attached hydrogens (primary N) is 1. The molecule has 0 aliphatic carbocycles. The van der Waals surface area contributed by atoms with E-state index in [2.05, 4.69) is 31.2 Å². The van der Waals surface area contributed by atoms with E-state index in [1.807, 2.05) is 13.8 Å². The van der Waals surface area contributed by atoms with Crippen molar-refractivity contribution in [2.24, 2.45) is 5.73 Å². The normalized spacial score (nSPS) is 11.8. The Kier molecular flexibility index (Phi) is 4.01. The van der Waals surface area contributed by atoms with Gasteiger partial charge in [-0.2, -0.15) is 0 Å². The zero-order valence-electron chi connectivity index (χ0n) is 11.3. The monoisotopic (exact) mass is 340 g/mol. The van der Waals surface area contributed by atoms with E-state index >= 15 is 0 Å². The van der Waals surface area contributed by atoms with Crippen LogP contribution in [0.1, 0.15) is 26.7 Å². The second kappa shape index (κ2) is 5.41. The number of benzene rings is 1. The quantitative estimate of drug-likeness (QED) is 0.684. The average molecular weight is 341 g/mol. The number of imidazole rings is 1. The van der Waals surface area contributed by atoms with Gasteiger partial charge in [0, 0.05) is 4.47 Å². The van der Waals surface area contributed by atoms with Gasteiger partial charge in [-0.1, -0.05) is 13.8 Å². The zero-order valence-corrected chi connectivity index (χ0v) is 12.9. The second-order valence-corrected chi connectivity index (χ2v) is 5.63. The summed E-state index contributed by atoms with van der Waals surface area (Å²) in [5.41, 5.74) is 6.77. The molecule has 1 aromatic carbocycles. The molecule has 20 heavy (non-hydrogen) atoms. The number of fused-ring (bicyclic) bond motifs is 1. The van der Waals surface area contributed by atoms with Crippen LogP contribution in [-0.4, -0.2) is 21.4 Å². The van der Waals surface area contributed by atoms with Crippen LogP contribution < -0.4 is 16.7 Å². The summed E-state index contributed by atoms with van der Waals surface area (Å²) in [5.74, 6) is -0.236. The van der Waals surface area contributed by atoms with Crippen molar-refractivity contribution in [3.05, 3.63) is 27.1 Å². The van der Waals surface area contributed by atoms with E-state index in [1.54, 1.807) is 12.1 Å². The maximum atomic E-state index is 12.3. The molecule has 1 aromatic heterocycles. The summed E-state index contributed by atoms with van der Waals surface area (Å²) in [4.78, 5) is 28.8. The van der Waals surface area contributed by atoms with E-state index in [0.29, 0.717) is 34.0 Å². The fourth-order valence-corrected chi connectivity index (χ4v) is 2.41. The van der Waals surface area contributed by atoms with Crippen LogP contribution in [0, 0.1) is 0 Å². The van der Waals surface area contributed by atoms with Crippen LogP contribution in [0.5, 0.6) is 0 Å². The standard InChI is InChI=1S/C13H17BrN4O2/c1-3-13(15,4-2)11(19)16-8-6-10-9(5-7(8)14)17-12(20)18-10/h5-6H,3-4,15H2,1-2H3,(H,16,19)(H2,17,18,20). The number of H-pyrrole nitrogens is 2. The fourth-order valence-electron chi connectivity index (χ4n) is 1.97. The highest BCUT2D eigenvalue weighted by molar-refractivity contribution is 9.10. The maximum Gasteiger partial charge on any atom is 0.323 e. The number of halogens is 1. The van der Waals surface area contributed by atoms with Gasteiger partial charge in [0.05, 0.1) is 22.3 Å². The Morgan fingerprint density at radius 2 is 1.85 bits per heavy atom. The number of aromatic amines is 2. The van der Waals surface area contributed by atoms with Crippen molar-refractivity contribution >= 4 is 38.6 Å². The summed E-state index contributed by atoms with van der Waals surface area (Å²) in [7, 11) is 0. The van der Waals surface area contributed by atoms with Crippen molar-refractivity contribution in [2.75, 3.05) is 5.32 Å². The maximum absolute atomic E-state index is 12.3. The Morgan fingerprint density at radius 1 is 1.30 bits per heavy atom. The average Bonchev–Trinajstić information content (AvgIpc) is 2.77. The first-order chi connectivity index (χ1) is 9.39. The van der Waals surface area contributed by atoms with Crippen molar-refractivity contribution in [2.45, 2.75) is 32.2 Å². The van der Waals surface area contributed by atoms with Gasteiger partial charge in [-0.05, 0) is 40.9 Å². The lowest BCUT2D eigenvalue weighted by molar-refractivity contribution is -0.121. The van der Waals surface area contributed by atoms with E-state index in [9.17, 15) is 9.59 Å². The topological polar surface area (TPSA) is 104 Å². The molecule has 0 atom stereocenters. The number of rotatable bonds is 4. The molecule has 1 heterocycles. The number of carbonyl (C=O) groups excluding carboxylic acids is 1. The predicted octanol–water partition coefficient (Wildman–Crippen LogP) is 2.07. The number of hydrogen-bond acceptors (Lipinski definition) is 3. The molecule has 108 valence electrons. The third kappa shape index (κ3) is 2.64. The van der Waals surface area contributed by atoms with Crippen molar-refractivity contribution in [3.8, 4) is 0 Å². The summed E-state index contributed by atoms with van der Waals surface area (Å²) in [5, 5.41) is 2.81. The van der Waals surface area contributed by atoms with Gasteiger partial charge in [0.2, 0.25) is 5.91 Å². The number of amides is 1. The molecule has 2 aromatic rings. The van der Waals surface area contributed by atoms with Crippen LogP contribution in [0.4, 0.5) is 5.69 Å². The van der Waals surface area contributed by atoms with Crippen LogP contribution in [0.15, 0.2) is 21.4 Å². The molecular weight excluding hydrogens is 324 g/mol. The summed E-state index contributed by atoms with van der Waals surface area (Å²) in [6, 6.07) is 3.43. The first-order valence-corrected chi connectivity index (χ1v) is 7.20. The highest BCUT2D eigenvalue weighted by Gasteiger charge is 2.30.